The van der Waals surface area contributed by atoms with Crippen molar-refractivity contribution in [2.45, 2.75) is 31.8 Å². The molecule has 2 heterocycles. The number of likely N-dealkylation sites (N-methyl/N-ethyl adjacent to an activating group) is 1. The first-order valence-corrected chi connectivity index (χ1v) is 13.7. The van der Waals surface area contributed by atoms with Gasteiger partial charge in [-0.2, -0.15) is 0 Å². The Morgan fingerprint density at radius 3 is 2.30 bits per heavy atom. The fraction of sp³-hybridized carbons (Fsp3) is 0.429. The number of amides is 2. The molecular weight excluding hydrogens is 542 g/mol. The maximum Gasteiger partial charge on any atom is 0.304 e. The first-order chi connectivity index (χ1) is 18.8. The summed E-state index contributed by atoms with van der Waals surface area (Å²) in [5.41, 5.74) is 0.486. The van der Waals surface area contributed by atoms with Gasteiger partial charge in [0.2, 0.25) is 5.91 Å². The number of nitrogens with one attached hydrogen (secondary N) is 1. The summed E-state index contributed by atoms with van der Waals surface area (Å²) in [4.78, 5) is 44.6. The molecule has 12 heteroatoms. The number of quaternary nitrogens is 1. The molecule has 40 heavy (non-hydrogen) atoms. The number of fused-ring (bicyclic) bond motifs is 2. The lowest BCUT2D eigenvalue weighted by atomic mass is 9.80. The van der Waals surface area contributed by atoms with Gasteiger partial charge in [0.05, 0.1) is 75.5 Å². The fourth-order valence-corrected chi connectivity index (χ4v) is 6.36. The third-order valence-electron chi connectivity index (χ3n) is 7.90. The number of halogens is 2. The molecule has 1 aromatic heterocycles. The minimum atomic E-state index is -1.37. The number of aromatic nitrogens is 1. The second-order valence-corrected chi connectivity index (χ2v) is 12.6. The van der Waals surface area contributed by atoms with Gasteiger partial charge in [0.1, 0.15) is 16.8 Å². The van der Waals surface area contributed by atoms with Crippen LogP contribution < -0.4 is 10.1 Å². The van der Waals surface area contributed by atoms with E-state index >= 15 is 0 Å². The predicted octanol–water partition coefficient (Wildman–Crippen LogP) is 2.99. The van der Waals surface area contributed by atoms with E-state index in [0.717, 1.165) is 21.3 Å². The molecule has 1 aliphatic heterocycles. The largest absolute Gasteiger partial charge is 0.496 e. The number of ether oxygens (including phenoxy) is 1. The number of hydrogen-bond acceptors (Lipinski definition) is 6. The van der Waals surface area contributed by atoms with Gasteiger partial charge in [-0.15, -0.1) is 11.3 Å². The molecule has 1 saturated heterocycles. The van der Waals surface area contributed by atoms with Crippen molar-refractivity contribution in [1.82, 2.24) is 15.2 Å². The number of carbonyl (C=O) groups is 3. The summed E-state index contributed by atoms with van der Waals surface area (Å²) in [6, 6.07) is 5.88. The molecular formula is C28H31F2N4O5S+. The number of rotatable bonds is 8. The molecule has 1 aliphatic carbocycles. The quantitative estimate of drug-likeness (QED) is 0.401. The van der Waals surface area contributed by atoms with E-state index in [1.165, 1.54) is 18.4 Å². The molecule has 0 atom stereocenters. The molecule has 0 radical (unpaired) electrons. The molecule has 2 amide bonds. The number of methoxy groups -OCH3 is 1. The average Bonchev–Trinajstić information content (AvgIpc) is 3.39. The lowest BCUT2D eigenvalue weighted by molar-refractivity contribution is -0.900. The van der Waals surface area contributed by atoms with Crippen LogP contribution in [-0.2, 0) is 29.0 Å². The first-order valence-electron chi connectivity index (χ1n) is 12.8. The van der Waals surface area contributed by atoms with Gasteiger partial charge < -0.3 is 24.5 Å². The zero-order valence-corrected chi connectivity index (χ0v) is 23.5. The number of hydrogen-bond donors (Lipinski definition) is 2. The van der Waals surface area contributed by atoms with Crippen LogP contribution in [0.4, 0.5) is 8.78 Å². The van der Waals surface area contributed by atoms with Crippen molar-refractivity contribution in [1.29, 1.82) is 0 Å². The smallest absolute Gasteiger partial charge is 0.304 e. The normalized spacial score (nSPS) is 16.5. The molecule has 1 fully saturated rings. The Labute approximate surface area is 233 Å². The molecule has 3 aromatic rings. The number of likely N-dealkylation sites (tertiary alicyclic amines) is 1. The van der Waals surface area contributed by atoms with Crippen molar-refractivity contribution in [2.75, 3.05) is 41.3 Å². The van der Waals surface area contributed by atoms with Gasteiger partial charge in [0.15, 0.2) is 11.6 Å². The fourth-order valence-electron chi connectivity index (χ4n) is 5.44. The van der Waals surface area contributed by atoms with E-state index in [2.05, 4.69) is 31.4 Å². The van der Waals surface area contributed by atoms with Crippen LogP contribution in [0.3, 0.4) is 0 Å². The third kappa shape index (κ3) is 5.13. The van der Waals surface area contributed by atoms with Gasteiger partial charge in [-0.1, -0.05) is 0 Å². The van der Waals surface area contributed by atoms with Crippen molar-refractivity contribution in [3.8, 4) is 5.75 Å². The molecule has 0 saturated carbocycles. The zero-order chi connectivity index (χ0) is 29.0. The van der Waals surface area contributed by atoms with Crippen LogP contribution >= 0.6 is 11.3 Å². The average molecular weight is 574 g/mol. The molecule has 2 aromatic carbocycles. The Kier molecular flexibility index (Phi) is 7.03. The SMILES string of the molecule is COc1cc2sc(CNC(=O)C3(CC(=O)O)Cc4cc(F)c(F)cc4C3)nc2cc1C(=O)N1CC([N+](C)(C)C)C1. The van der Waals surface area contributed by atoms with E-state index < -0.39 is 35.3 Å². The number of thiazole rings is 1. The van der Waals surface area contributed by atoms with E-state index in [-0.39, 0.29) is 25.3 Å². The molecule has 212 valence electrons. The topological polar surface area (TPSA) is 109 Å². The molecule has 0 bridgehead atoms. The van der Waals surface area contributed by atoms with Gasteiger partial charge in [-0.05, 0) is 42.2 Å². The predicted molar refractivity (Wildman–Crippen MR) is 144 cm³/mol. The van der Waals surface area contributed by atoms with Crippen LogP contribution in [0.5, 0.6) is 5.75 Å². The monoisotopic (exact) mass is 573 g/mol. The lowest BCUT2D eigenvalue weighted by Gasteiger charge is -2.46. The Morgan fingerprint density at radius 2 is 1.75 bits per heavy atom. The maximum atomic E-state index is 13.8. The minimum absolute atomic E-state index is 0.00830. The second kappa shape index (κ2) is 10.1. The highest BCUT2D eigenvalue weighted by molar-refractivity contribution is 7.18. The molecule has 0 spiro atoms. The number of nitrogens with zero attached hydrogens (tertiary/aromatic N) is 3. The van der Waals surface area contributed by atoms with Crippen LogP contribution in [0.2, 0.25) is 0 Å². The van der Waals surface area contributed by atoms with Crippen molar-refractivity contribution < 1.29 is 37.5 Å². The summed E-state index contributed by atoms with van der Waals surface area (Å²) in [6.45, 7) is 1.33. The molecule has 5 rings (SSSR count). The summed E-state index contributed by atoms with van der Waals surface area (Å²) >= 11 is 1.32. The van der Waals surface area contributed by atoms with Crippen molar-refractivity contribution >= 4 is 39.3 Å². The Bertz CT molecular complexity index is 1500. The van der Waals surface area contributed by atoms with E-state index in [4.69, 9.17) is 4.74 Å². The second-order valence-electron chi connectivity index (χ2n) is 11.5. The standard InChI is InChI=1S/C28H30F2N4O5S/c1-34(2,3)17-13-33(14-17)26(37)18-7-21-23(8-22(18)39-4)40-24(32-21)12-31-27(38)28(11-25(35)36)9-15-5-19(29)20(30)6-16(15)10-28/h5-8,17H,9-14H2,1-4H3,(H-,31,35,36,38)/p+1. The van der Waals surface area contributed by atoms with E-state index in [0.29, 0.717) is 52.1 Å². The zero-order valence-electron chi connectivity index (χ0n) is 22.7. The van der Waals surface area contributed by atoms with Crippen molar-refractivity contribution in [3.63, 3.8) is 0 Å². The first kappa shape index (κ1) is 27.9. The number of carbonyl (C=O) groups excluding carboxylic acids is 2. The maximum absolute atomic E-state index is 13.8. The molecule has 2 N–H and O–H groups in total. The highest BCUT2D eigenvalue weighted by atomic mass is 32.1. The molecule has 0 unspecified atom stereocenters. The number of carboxylic acid groups (broad SMARTS) is 1. The Hall–Kier alpha value is -3.64. The summed E-state index contributed by atoms with van der Waals surface area (Å²) in [6.07, 6.45) is -0.498. The molecule has 2 aliphatic rings. The summed E-state index contributed by atoms with van der Waals surface area (Å²) < 4.78 is 34.6. The lowest BCUT2D eigenvalue weighted by Crippen LogP contribution is -2.65. The van der Waals surface area contributed by atoms with E-state index in [1.807, 2.05) is 0 Å². The number of benzene rings is 2. The van der Waals surface area contributed by atoms with E-state index in [1.54, 1.807) is 17.0 Å². The minimum Gasteiger partial charge on any atom is -0.496 e. The highest BCUT2D eigenvalue weighted by Crippen LogP contribution is 2.41. The van der Waals surface area contributed by atoms with Crippen LogP contribution in [0.1, 0.15) is 32.9 Å². The summed E-state index contributed by atoms with van der Waals surface area (Å²) in [7, 11) is 7.81. The molecule has 9 nitrogen and oxygen atoms in total. The van der Waals surface area contributed by atoms with Gasteiger partial charge in [-0.25, -0.2) is 13.8 Å². The van der Waals surface area contributed by atoms with Gasteiger partial charge in [-0.3, -0.25) is 14.4 Å². The van der Waals surface area contributed by atoms with Gasteiger partial charge in [0.25, 0.3) is 5.91 Å². The van der Waals surface area contributed by atoms with E-state index in [9.17, 15) is 28.3 Å². The van der Waals surface area contributed by atoms with Crippen molar-refractivity contribution in [3.05, 3.63) is 57.6 Å². The van der Waals surface area contributed by atoms with Crippen LogP contribution in [-0.4, -0.2) is 84.6 Å². The van der Waals surface area contributed by atoms with Crippen molar-refractivity contribution in [2.24, 2.45) is 5.41 Å². The van der Waals surface area contributed by atoms with Gasteiger partial charge in [0, 0.05) is 6.07 Å². The highest BCUT2D eigenvalue weighted by Gasteiger charge is 2.46. The Morgan fingerprint density at radius 1 is 1.12 bits per heavy atom. The summed E-state index contributed by atoms with van der Waals surface area (Å²) in [5, 5.41) is 12.9. The Balaban J connectivity index is 1.32. The number of carboxylic acids is 1. The third-order valence-corrected chi connectivity index (χ3v) is 8.92. The van der Waals surface area contributed by atoms with Crippen LogP contribution in [0, 0.1) is 17.0 Å². The number of aliphatic carboxylic acids is 1. The van der Waals surface area contributed by atoms with Crippen LogP contribution in [0.25, 0.3) is 10.2 Å². The van der Waals surface area contributed by atoms with Gasteiger partial charge >= 0.3 is 5.97 Å². The van der Waals surface area contributed by atoms with Crippen LogP contribution in [0.15, 0.2) is 24.3 Å². The summed E-state index contributed by atoms with van der Waals surface area (Å²) in [5.74, 6) is -3.46.